The van der Waals surface area contributed by atoms with Crippen molar-refractivity contribution in [1.29, 1.82) is 0 Å². The highest BCUT2D eigenvalue weighted by molar-refractivity contribution is 5.93. The summed E-state index contributed by atoms with van der Waals surface area (Å²) < 4.78 is 9.42. The van der Waals surface area contributed by atoms with E-state index >= 15 is 0 Å². The lowest BCUT2D eigenvalue weighted by Gasteiger charge is -2.07. The average molecular weight is 255 g/mol. The number of carboxylic acid groups (broad SMARTS) is 1. The molecule has 7 nitrogen and oxygen atoms in total. The number of ether oxygens (including phenoxy) is 2. The maximum atomic E-state index is 11.3. The van der Waals surface area contributed by atoms with E-state index in [2.05, 4.69) is 5.32 Å². The Morgan fingerprint density at radius 2 is 2.06 bits per heavy atom. The molecular formula is C11H13NO6. The van der Waals surface area contributed by atoms with Gasteiger partial charge in [-0.3, -0.25) is 5.32 Å². The van der Waals surface area contributed by atoms with Crippen molar-refractivity contribution in [2.24, 2.45) is 0 Å². The van der Waals surface area contributed by atoms with Crippen LogP contribution in [-0.4, -0.2) is 42.6 Å². The highest BCUT2D eigenvalue weighted by Crippen LogP contribution is 2.21. The van der Waals surface area contributed by atoms with Crippen molar-refractivity contribution in [3.63, 3.8) is 0 Å². The number of methoxy groups -OCH3 is 1. The normalized spacial score (nSPS) is 9.83. The fraction of sp³-hybridized carbons (Fsp3) is 0.273. The molecule has 0 saturated carbocycles. The zero-order chi connectivity index (χ0) is 13.5. The average Bonchev–Trinajstić information content (AvgIpc) is 2.31. The Bertz CT molecular complexity index is 445. The van der Waals surface area contributed by atoms with Crippen molar-refractivity contribution in [3.8, 4) is 5.75 Å². The molecule has 1 rings (SSSR count). The lowest BCUT2D eigenvalue weighted by molar-refractivity contribution is 0.0693. The van der Waals surface area contributed by atoms with E-state index in [1.54, 1.807) is 0 Å². The van der Waals surface area contributed by atoms with Crippen LogP contribution in [0.4, 0.5) is 10.5 Å². The van der Waals surface area contributed by atoms with Crippen LogP contribution in [0, 0.1) is 0 Å². The van der Waals surface area contributed by atoms with Crippen molar-refractivity contribution in [2.45, 2.75) is 0 Å². The third kappa shape index (κ3) is 3.95. The summed E-state index contributed by atoms with van der Waals surface area (Å²) in [7, 11) is 1.47. The zero-order valence-electron chi connectivity index (χ0n) is 9.67. The molecule has 0 unspecified atom stereocenters. The first-order chi connectivity index (χ1) is 8.54. The summed E-state index contributed by atoms with van der Waals surface area (Å²) in [6, 6.07) is 3.67. The molecule has 0 aliphatic heterocycles. The molecule has 0 spiro atoms. The fourth-order valence-corrected chi connectivity index (χ4v) is 1.16. The van der Waals surface area contributed by atoms with Gasteiger partial charge in [0.05, 0.1) is 6.61 Å². The van der Waals surface area contributed by atoms with Gasteiger partial charge in [0.1, 0.15) is 17.9 Å². The molecule has 3 N–H and O–H groups in total. The van der Waals surface area contributed by atoms with Crippen molar-refractivity contribution < 1.29 is 29.3 Å². The maximum absolute atomic E-state index is 11.3. The van der Waals surface area contributed by atoms with Gasteiger partial charge >= 0.3 is 12.1 Å². The summed E-state index contributed by atoms with van der Waals surface area (Å²) in [4.78, 5) is 22.0. The molecule has 98 valence electrons. The first-order valence-corrected chi connectivity index (χ1v) is 5.03. The second kappa shape index (κ2) is 6.45. The number of carbonyl (C=O) groups excluding carboxylic acids is 1. The van der Waals surface area contributed by atoms with E-state index in [0.717, 1.165) is 6.07 Å². The minimum absolute atomic E-state index is 0.0895. The molecule has 0 saturated heterocycles. The number of aromatic carboxylic acids is 1. The third-order valence-electron chi connectivity index (χ3n) is 1.99. The largest absolute Gasteiger partial charge is 0.507 e. The number of rotatable bonds is 5. The van der Waals surface area contributed by atoms with Gasteiger partial charge in [0, 0.05) is 12.8 Å². The van der Waals surface area contributed by atoms with E-state index in [1.807, 2.05) is 0 Å². The molecule has 7 heteroatoms. The summed E-state index contributed by atoms with van der Waals surface area (Å²) in [5.74, 6) is -1.66. The molecular weight excluding hydrogens is 242 g/mol. The Morgan fingerprint density at radius 1 is 1.33 bits per heavy atom. The van der Waals surface area contributed by atoms with Gasteiger partial charge in [-0.15, -0.1) is 0 Å². The van der Waals surface area contributed by atoms with E-state index in [4.69, 9.17) is 14.6 Å². The van der Waals surface area contributed by atoms with Gasteiger partial charge < -0.3 is 19.7 Å². The smallest absolute Gasteiger partial charge is 0.411 e. The van der Waals surface area contributed by atoms with Crippen LogP contribution in [0.1, 0.15) is 10.4 Å². The Labute approximate surface area is 103 Å². The van der Waals surface area contributed by atoms with E-state index < -0.39 is 12.1 Å². The Morgan fingerprint density at radius 3 is 2.67 bits per heavy atom. The summed E-state index contributed by atoms with van der Waals surface area (Å²) in [6.07, 6.45) is -0.728. The van der Waals surface area contributed by atoms with Crippen molar-refractivity contribution in [3.05, 3.63) is 23.8 Å². The van der Waals surface area contributed by atoms with Gasteiger partial charge in [-0.25, -0.2) is 9.59 Å². The van der Waals surface area contributed by atoms with Gasteiger partial charge in [-0.2, -0.15) is 0 Å². The fourth-order valence-electron chi connectivity index (χ4n) is 1.16. The van der Waals surface area contributed by atoms with Crippen LogP contribution >= 0.6 is 0 Å². The van der Waals surface area contributed by atoms with Crippen LogP contribution < -0.4 is 5.32 Å². The molecule has 1 amide bonds. The Kier molecular flexibility index (Phi) is 4.94. The first-order valence-electron chi connectivity index (χ1n) is 5.03. The number of hydrogen-bond donors (Lipinski definition) is 3. The predicted octanol–water partition coefficient (Wildman–Crippen LogP) is 1.29. The van der Waals surface area contributed by atoms with E-state index in [-0.39, 0.29) is 30.2 Å². The Balaban J connectivity index is 2.65. The molecule has 0 atom stereocenters. The minimum Gasteiger partial charge on any atom is -0.507 e. The summed E-state index contributed by atoms with van der Waals surface area (Å²) in [5, 5.41) is 20.4. The van der Waals surface area contributed by atoms with E-state index in [9.17, 15) is 14.7 Å². The number of phenols is 1. The molecule has 0 aromatic heterocycles. The SMILES string of the molecule is COCCOC(=O)Nc1ccc(O)c(C(=O)O)c1. The number of aromatic hydroxyl groups is 1. The minimum atomic E-state index is -1.29. The molecule has 1 aromatic rings. The summed E-state index contributed by atoms with van der Waals surface area (Å²) in [5.41, 5.74) is -0.0858. The van der Waals surface area contributed by atoms with Crippen LogP contribution in [0.2, 0.25) is 0 Å². The van der Waals surface area contributed by atoms with Crippen LogP contribution in [0.5, 0.6) is 5.75 Å². The predicted molar refractivity (Wildman–Crippen MR) is 61.9 cm³/mol. The van der Waals surface area contributed by atoms with Gasteiger partial charge in [-0.1, -0.05) is 0 Å². The molecule has 0 aliphatic carbocycles. The number of carbonyl (C=O) groups is 2. The summed E-state index contributed by atoms with van der Waals surface area (Å²) in [6.45, 7) is 0.357. The van der Waals surface area contributed by atoms with Crippen molar-refractivity contribution >= 4 is 17.7 Å². The van der Waals surface area contributed by atoms with Crippen LogP contribution in [0.25, 0.3) is 0 Å². The number of nitrogens with one attached hydrogen (secondary N) is 1. The lowest BCUT2D eigenvalue weighted by Crippen LogP contribution is -2.16. The first kappa shape index (κ1) is 13.8. The topological polar surface area (TPSA) is 105 Å². The van der Waals surface area contributed by atoms with Crippen molar-refractivity contribution in [1.82, 2.24) is 0 Å². The van der Waals surface area contributed by atoms with Crippen LogP contribution in [-0.2, 0) is 9.47 Å². The lowest BCUT2D eigenvalue weighted by atomic mass is 10.2. The number of amides is 1. The van der Waals surface area contributed by atoms with Crippen LogP contribution in [0.3, 0.4) is 0 Å². The summed E-state index contributed by atoms with van der Waals surface area (Å²) >= 11 is 0. The molecule has 0 radical (unpaired) electrons. The molecule has 0 bridgehead atoms. The molecule has 18 heavy (non-hydrogen) atoms. The molecule has 0 fully saturated rings. The highest BCUT2D eigenvalue weighted by Gasteiger charge is 2.11. The third-order valence-corrected chi connectivity index (χ3v) is 1.99. The Hall–Kier alpha value is -2.28. The van der Waals surface area contributed by atoms with Gasteiger partial charge in [-0.05, 0) is 18.2 Å². The molecule has 0 heterocycles. The van der Waals surface area contributed by atoms with Gasteiger partial charge in [0.2, 0.25) is 0 Å². The quantitative estimate of drug-likeness (QED) is 0.540. The van der Waals surface area contributed by atoms with Gasteiger partial charge in [0.15, 0.2) is 0 Å². The molecule has 0 aliphatic rings. The number of benzene rings is 1. The molecule has 1 aromatic carbocycles. The van der Waals surface area contributed by atoms with Crippen LogP contribution in [0.15, 0.2) is 18.2 Å². The number of carboxylic acids is 1. The maximum Gasteiger partial charge on any atom is 0.411 e. The van der Waals surface area contributed by atoms with E-state index in [0.29, 0.717) is 0 Å². The van der Waals surface area contributed by atoms with E-state index in [1.165, 1.54) is 19.2 Å². The second-order valence-electron chi connectivity index (χ2n) is 3.29. The highest BCUT2D eigenvalue weighted by atomic mass is 16.6. The van der Waals surface area contributed by atoms with Gasteiger partial charge in [0.25, 0.3) is 0 Å². The number of anilines is 1. The second-order valence-corrected chi connectivity index (χ2v) is 3.29. The zero-order valence-corrected chi connectivity index (χ0v) is 9.67. The number of hydrogen-bond acceptors (Lipinski definition) is 5. The monoisotopic (exact) mass is 255 g/mol. The van der Waals surface area contributed by atoms with Crippen molar-refractivity contribution in [2.75, 3.05) is 25.6 Å². The standard InChI is InChI=1S/C11H13NO6/c1-17-4-5-18-11(16)12-7-2-3-9(13)8(6-7)10(14)15/h2-3,6,13H,4-5H2,1H3,(H,12,16)(H,14,15).